The van der Waals surface area contributed by atoms with Gasteiger partial charge in [0, 0.05) is 31.0 Å². The predicted octanol–water partition coefficient (Wildman–Crippen LogP) is 3.28. The molecule has 1 aromatic rings. The number of benzene rings is 1. The minimum atomic E-state index is -0.499. The maximum atomic E-state index is 12.3. The van der Waals surface area contributed by atoms with Crippen LogP contribution in [0.3, 0.4) is 0 Å². The molecule has 4 nitrogen and oxygen atoms in total. The van der Waals surface area contributed by atoms with E-state index < -0.39 is 5.60 Å². The van der Waals surface area contributed by atoms with Crippen LogP contribution in [0.25, 0.3) is 5.57 Å². The van der Waals surface area contributed by atoms with Crippen LogP contribution in [0, 0.1) is 5.92 Å². The van der Waals surface area contributed by atoms with Gasteiger partial charge in [-0.1, -0.05) is 30.3 Å². The Morgan fingerprint density at radius 2 is 1.91 bits per heavy atom. The number of carbonyl (C=O) groups excluding carboxylic acids is 2. The standard InChI is InChI=1S/C18H21NO3/c1-18(2,3)22-17(21)19-10-13-9-15(20)16(14(13)11-19)12-7-5-4-6-8-12/h4-8,13H,9-11H2,1-3H3/t13-/m1/s1. The first-order valence-corrected chi connectivity index (χ1v) is 7.65. The monoisotopic (exact) mass is 299 g/mol. The summed E-state index contributed by atoms with van der Waals surface area (Å²) in [5, 5.41) is 0. The van der Waals surface area contributed by atoms with E-state index in [2.05, 4.69) is 0 Å². The maximum Gasteiger partial charge on any atom is 0.410 e. The number of ether oxygens (including phenoxy) is 1. The Labute approximate surface area is 130 Å². The zero-order valence-corrected chi connectivity index (χ0v) is 13.3. The van der Waals surface area contributed by atoms with Crippen molar-refractivity contribution in [3.63, 3.8) is 0 Å². The lowest BCUT2D eigenvalue weighted by atomic mass is 10.0. The summed E-state index contributed by atoms with van der Waals surface area (Å²) in [4.78, 5) is 26.2. The summed E-state index contributed by atoms with van der Waals surface area (Å²) in [6, 6.07) is 9.72. The number of carbonyl (C=O) groups is 2. The average molecular weight is 299 g/mol. The SMILES string of the molecule is CC(C)(C)OC(=O)N1CC2=C(c3ccccc3)C(=O)C[C@@H]2C1. The summed E-state index contributed by atoms with van der Waals surface area (Å²) in [5.74, 6) is 0.338. The molecular formula is C18H21NO3. The number of likely N-dealkylation sites (tertiary alicyclic amines) is 1. The highest BCUT2D eigenvalue weighted by Crippen LogP contribution is 2.40. The van der Waals surface area contributed by atoms with Crippen molar-refractivity contribution in [2.75, 3.05) is 13.1 Å². The van der Waals surface area contributed by atoms with E-state index in [1.54, 1.807) is 4.90 Å². The number of fused-ring (bicyclic) bond motifs is 1. The molecule has 2 aliphatic rings. The molecule has 0 radical (unpaired) electrons. The maximum absolute atomic E-state index is 12.3. The van der Waals surface area contributed by atoms with E-state index in [1.807, 2.05) is 51.1 Å². The normalized spacial score (nSPS) is 21.3. The van der Waals surface area contributed by atoms with Crippen LogP contribution in [0.1, 0.15) is 32.8 Å². The number of amides is 1. The number of hydrogen-bond acceptors (Lipinski definition) is 3. The number of ketones is 1. The van der Waals surface area contributed by atoms with Gasteiger partial charge < -0.3 is 9.64 Å². The molecule has 1 aliphatic heterocycles. The second kappa shape index (κ2) is 5.27. The van der Waals surface area contributed by atoms with Gasteiger partial charge in [-0.25, -0.2) is 4.79 Å². The molecule has 1 saturated heterocycles. The number of hydrogen-bond donors (Lipinski definition) is 0. The third-order valence-corrected chi connectivity index (χ3v) is 4.04. The largest absolute Gasteiger partial charge is 0.444 e. The molecule has 1 aromatic carbocycles. The van der Waals surface area contributed by atoms with Crippen LogP contribution in [-0.4, -0.2) is 35.5 Å². The molecule has 0 saturated carbocycles. The lowest BCUT2D eigenvalue weighted by Crippen LogP contribution is -2.35. The van der Waals surface area contributed by atoms with Gasteiger partial charge >= 0.3 is 6.09 Å². The second-order valence-corrected chi connectivity index (χ2v) is 6.95. The Morgan fingerprint density at radius 3 is 2.55 bits per heavy atom. The van der Waals surface area contributed by atoms with E-state index in [9.17, 15) is 9.59 Å². The summed E-state index contributed by atoms with van der Waals surface area (Å²) in [6.45, 7) is 6.65. The summed E-state index contributed by atoms with van der Waals surface area (Å²) >= 11 is 0. The van der Waals surface area contributed by atoms with Gasteiger partial charge in [0.2, 0.25) is 0 Å². The number of rotatable bonds is 1. The van der Waals surface area contributed by atoms with Crippen LogP contribution >= 0.6 is 0 Å². The van der Waals surface area contributed by atoms with Gasteiger partial charge in [-0.3, -0.25) is 4.79 Å². The quantitative estimate of drug-likeness (QED) is 0.799. The predicted molar refractivity (Wildman–Crippen MR) is 84.3 cm³/mol. The van der Waals surface area contributed by atoms with Crippen molar-refractivity contribution in [1.29, 1.82) is 0 Å². The van der Waals surface area contributed by atoms with E-state index in [0.717, 1.165) is 16.7 Å². The zero-order chi connectivity index (χ0) is 15.9. The van der Waals surface area contributed by atoms with Crippen LogP contribution in [0.5, 0.6) is 0 Å². The van der Waals surface area contributed by atoms with Crippen LogP contribution < -0.4 is 0 Å². The summed E-state index contributed by atoms with van der Waals surface area (Å²) in [5.41, 5.74) is 2.34. The topological polar surface area (TPSA) is 46.6 Å². The molecular weight excluding hydrogens is 278 g/mol. The van der Waals surface area contributed by atoms with Crippen LogP contribution in [0.15, 0.2) is 35.9 Å². The van der Waals surface area contributed by atoms with E-state index in [-0.39, 0.29) is 17.8 Å². The molecule has 1 atom stereocenters. The van der Waals surface area contributed by atoms with Crippen molar-refractivity contribution >= 4 is 17.4 Å². The fraction of sp³-hybridized carbons (Fsp3) is 0.444. The van der Waals surface area contributed by atoms with Gasteiger partial charge in [0.1, 0.15) is 5.60 Å². The molecule has 1 fully saturated rings. The number of nitrogens with zero attached hydrogens (tertiary/aromatic N) is 1. The smallest absolute Gasteiger partial charge is 0.410 e. The molecule has 22 heavy (non-hydrogen) atoms. The summed E-state index contributed by atoms with van der Waals surface area (Å²) in [7, 11) is 0. The highest BCUT2D eigenvalue weighted by molar-refractivity contribution is 6.24. The third-order valence-electron chi connectivity index (χ3n) is 4.04. The van der Waals surface area contributed by atoms with E-state index in [0.29, 0.717) is 19.5 Å². The lowest BCUT2D eigenvalue weighted by molar-refractivity contribution is -0.113. The van der Waals surface area contributed by atoms with Crippen molar-refractivity contribution in [1.82, 2.24) is 4.90 Å². The Kier molecular flexibility index (Phi) is 3.55. The van der Waals surface area contributed by atoms with Crippen molar-refractivity contribution in [2.24, 2.45) is 5.92 Å². The van der Waals surface area contributed by atoms with Gasteiger partial charge in [-0.05, 0) is 31.9 Å². The van der Waals surface area contributed by atoms with Gasteiger partial charge in [-0.2, -0.15) is 0 Å². The molecule has 1 heterocycles. The van der Waals surface area contributed by atoms with E-state index >= 15 is 0 Å². The van der Waals surface area contributed by atoms with Gasteiger partial charge in [-0.15, -0.1) is 0 Å². The Hall–Kier alpha value is -2.10. The molecule has 3 rings (SSSR count). The Morgan fingerprint density at radius 1 is 1.23 bits per heavy atom. The Balaban J connectivity index is 1.85. The number of Topliss-reactive ketones (excluding diaryl/α,β-unsaturated/α-hetero) is 1. The summed E-state index contributed by atoms with van der Waals surface area (Å²) < 4.78 is 5.43. The fourth-order valence-electron chi connectivity index (χ4n) is 3.17. The molecule has 4 heteroatoms. The first-order valence-electron chi connectivity index (χ1n) is 7.65. The van der Waals surface area contributed by atoms with Gasteiger partial charge in [0.05, 0.1) is 0 Å². The molecule has 1 amide bonds. The third kappa shape index (κ3) is 2.78. The van der Waals surface area contributed by atoms with E-state index in [1.165, 1.54) is 0 Å². The summed E-state index contributed by atoms with van der Waals surface area (Å²) in [6.07, 6.45) is 0.202. The van der Waals surface area contributed by atoms with Gasteiger partial charge in [0.15, 0.2) is 5.78 Å². The first kappa shape index (κ1) is 14.8. The van der Waals surface area contributed by atoms with E-state index in [4.69, 9.17) is 4.74 Å². The minimum Gasteiger partial charge on any atom is -0.444 e. The van der Waals surface area contributed by atoms with Crippen molar-refractivity contribution in [3.05, 3.63) is 41.5 Å². The van der Waals surface area contributed by atoms with Crippen LogP contribution in [0.4, 0.5) is 4.79 Å². The van der Waals surface area contributed by atoms with Crippen molar-refractivity contribution in [3.8, 4) is 0 Å². The zero-order valence-electron chi connectivity index (χ0n) is 13.3. The average Bonchev–Trinajstić information content (AvgIpc) is 2.94. The van der Waals surface area contributed by atoms with Crippen molar-refractivity contribution in [2.45, 2.75) is 32.8 Å². The van der Waals surface area contributed by atoms with Crippen LogP contribution in [-0.2, 0) is 9.53 Å². The second-order valence-electron chi connectivity index (χ2n) is 6.95. The molecule has 116 valence electrons. The fourth-order valence-corrected chi connectivity index (χ4v) is 3.17. The molecule has 1 aliphatic carbocycles. The van der Waals surface area contributed by atoms with Gasteiger partial charge in [0.25, 0.3) is 0 Å². The molecule has 0 spiro atoms. The van der Waals surface area contributed by atoms with Crippen LogP contribution in [0.2, 0.25) is 0 Å². The highest BCUT2D eigenvalue weighted by atomic mass is 16.6. The first-order chi connectivity index (χ1) is 10.3. The molecule has 0 N–H and O–H groups in total. The highest BCUT2D eigenvalue weighted by Gasteiger charge is 2.41. The molecule has 0 unspecified atom stereocenters. The van der Waals surface area contributed by atoms with Crippen molar-refractivity contribution < 1.29 is 14.3 Å². The molecule has 0 aromatic heterocycles. The number of allylic oxidation sites excluding steroid dienone is 1. The minimum absolute atomic E-state index is 0.148. The molecule has 0 bridgehead atoms. The lowest BCUT2D eigenvalue weighted by Gasteiger charge is -2.24. The Bertz CT molecular complexity index is 640.